The minimum absolute atomic E-state index is 0.314. The molecule has 0 aromatic heterocycles. The summed E-state index contributed by atoms with van der Waals surface area (Å²) in [6.07, 6.45) is 0. The summed E-state index contributed by atoms with van der Waals surface area (Å²) in [5.74, 6) is -0.314. The number of nitrogens with two attached hydrogens (primary N) is 1. The van der Waals surface area contributed by atoms with E-state index in [2.05, 4.69) is 6.07 Å². The summed E-state index contributed by atoms with van der Waals surface area (Å²) in [6.45, 7) is 2.54. The van der Waals surface area contributed by atoms with Crippen LogP contribution in [-0.2, 0) is 11.3 Å². The first-order valence-electron chi connectivity index (χ1n) is 4.15. The topological polar surface area (TPSA) is 52.3 Å². The molecule has 0 atom stereocenters. The Balaban J connectivity index is 2.82. The monoisotopic (exact) mass is 178 g/mol. The van der Waals surface area contributed by atoms with Gasteiger partial charge in [0.05, 0.1) is 12.2 Å². The molecule has 0 bridgehead atoms. The predicted octanol–water partition coefficient (Wildman–Crippen LogP) is 1.12. The minimum Gasteiger partial charge on any atom is -0.462 e. The first kappa shape index (κ1) is 9.74. The number of hydrogen-bond donors (Lipinski definition) is 1. The van der Waals surface area contributed by atoms with E-state index < -0.39 is 0 Å². The number of ether oxygens (including phenoxy) is 1. The Morgan fingerprint density at radius 1 is 1.69 bits per heavy atom. The Hall–Kier alpha value is -1.35. The van der Waals surface area contributed by atoms with Gasteiger partial charge in [-0.2, -0.15) is 0 Å². The van der Waals surface area contributed by atoms with E-state index in [4.69, 9.17) is 10.5 Å². The first-order chi connectivity index (χ1) is 6.27. The maximum atomic E-state index is 11.2. The molecular formula is C10H12NO2. The first-order valence-corrected chi connectivity index (χ1v) is 4.15. The highest BCUT2D eigenvalue weighted by Crippen LogP contribution is 2.05. The van der Waals surface area contributed by atoms with E-state index in [1.165, 1.54) is 0 Å². The molecule has 0 heterocycles. The van der Waals surface area contributed by atoms with Crippen LogP contribution in [0, 0.1) is 6.07 Å². The van der Waals surface area contributed by atoms with Crippen LogP contribution in [0.1, 0.15) is 22.8 Å². The van der Waals surface area contributed by atoms with Crippen molar-refractivity contribution < 1.29 is 9.53 Å². The number of carbonyl (C=O) groups excluding carboxylic acids is 1. The zero-order chi connectivity index (χ0) is 9.68. The van der Waals surface area contributed by atoms with Crippen molar-refractivity contribution in [2.45, 2.75) is 13.5 Å². The molecule has 0 saturated carbocycles. The van der Waals surface area contributed by atoms with Crippen molar-refractivity contribution in [3.05, 3.63) is 35.4 Å². The third-order valence-corrected chi connectivity index (χ3v) is 1.59. The van der Waals surface area contributed by atoms with E-state index in [0.717, 1.165) is 5.56 Å². The standard InChI is InChI=1S/C10H12NO2/c1-2-13-10(12)9-5-3-4-8(6-9)7-11/h3,5-6H,2,7,11H2,1H3. The highest BCUT2D eigenvalue weighted by atomic mass is 16.5. The maximum absolute atomic E-state index is 11.2. The molecule has 1 aromatic rings. The van der Waals surface area contributed by atoms with Crippen LogP contribution in [0.2, 0.25) is 0 Å². The molecule has 0 aliphatic carbocycles. The van der Waals surface area contributed by atoms with Crippen molar-refractivity contribution in [2.24, 2.45) is 5.73 Å². The van der Waals surface area contributed by atoms with E-state index in [1.807, 2.05) is 0 Å². The molecule has 0 amide bonds. The van der Waals surface area contributed by atoms with Crippen LogP contribution < -0.4 is 5.73 Å². The van der Waals surface area contributed by atoms with Gasteiger partial charge in [0.2, 0.25) is 0 Å². The second-order valence-electron chi connectivity index (χ2n) is 2.53. The van der Waals surface area contributed by atoms with E-state index >= 15 is 0 Å². The normalized spacial score (nSPS) is 9.69. The Morgan fingerprint density at radius 3 is 3.08 bits per heavy atom. The summed E-state index contributed by atoms with van der Waals surface area (Å²) in [7, 11) is 0. The van der Waals surface area contributed by atoms with Crippen LogP contribution in [0.25, 0.3) is 0 Å². The lowest BCUT2D eigenvalue weighted by molar-refractivity contribution is 0.0526. The van der Waals surface area contributed by atoms with E-state index in [-0.39, 0.29) is 5.97 Å². The van der Waals surface area contributed by atoms with Gasteiger partial charge < -0.3 is 10.5 Å². The molecule has 1 radical (unpaired) electrons. The maximum Gasteiger partial charge on any atom is 0.338 e. The van der Waals surface area contributed by atoms with E-state index in [9.17, 15) is 4.79 Å². The summed E-state index contributed by atoms with van der Waals surface area (Å²) in [4.78, 5) is 11.2. The van der Waals surface area contributed by atoms with Crippen LogP contribution in [0.4, 0.5) is 0 Å². The molecule has 3 nitrogen and oxygen atoms in total. The third-order valence-electron chi connectivity index (χ3n) is 1.59. The quantitative estimate of drug-likeness (QED) is 0.706. The number of carbonyl (C=O) groups is 1. The summed E-state index contributed by atoms with van der Waals surface area (Å²) in [5, 5.41) is 0. The fourth-order valence-corrected chi connectivity index (χ4v) is 0.975. The molecular weight excluding hydrogens is 166 g/mol. The molecule has 69 valence electrons. The van der Waals surface area contributed by atoms with Gasteiger partial charge in [-0.05, 0) is 30.7 Å². The molecule has 0 aliphatic rings. The van der Waals surface area contributed by atoms with Gasteiger partial charge in [0.25, 0.3) is 0 Å². The number of esters is 1. The summed E-state index contributed by atoms with van der Waals surface area (Å²) in [5.41, 5.74) is 6.75. The smallest absolute Gasteiger partial charge is 0.338 e. The predicted molar refractivity (Wildman–Crippen MR) is 49.1 cm³/mol. The highest BCUT2D eigenvalue weighted by molar-refractivity contribution is 5.89. The van der Waals surface area contributed by atoms with E-state index in [1.54, 1.807) is 25.1 Å². The lowest BCUT2D eigenvalue weighted by Gasteiger charge is -2.02. The molecule has 0 unspecified atom stereocenters. The Labute approximate surface area is 77.5 Å². The molecule has 0 fully saturated rings. The molecule has 3 heteroatoms. The molecule has 1 aromatic carbocycles. The summed E-state index contributed by atoms with van der Waals surface area (Å²) >= 11 is 0. The fraction of sp³-hybridized carbons (Fsp3) is 0.300. The zero-order valence-electron chi connectivity index (χ0n) is 7.54. The third kappa shape index (κ3) is 2.56. The van der Waals surface area contributed by atoms with Gasteiger partial charge in [-0.1, -0.05) is 6.07 Å². The van der Waals surface area contributed by atoms with Gasteiger partial charge in [-0.15, -0.1) is 0 Å². The Morgan fingerprint density at radius 2 is 2.46 bits per heavy atom. The largest absolute Gasteiger partial charge is 0.462 e. The second kappa shape index (κ2) is 4.62. The van der Waals surface area contributed by atoms with Gasteiger partial charge in [0.1, 0.15) is 0 Å². The lowest BCUT2D eigenvalue weighted by atomic mass is 10.1. The molecule has 1 rings (SSSR count). The molecule has 0 aliphatic heterocycles. The van der Waals surface area contributed by atoms with Gasteiger partial charge in [0, 0.05) is 6.54 Å². The molecule has 0 saturated heterocycles. The fourth-order valence-electron chi connectivity index (χ4n) is 0.975. The van der Waals surface area contributed by atoms with Crippen LogP contribution in [-0.4, -0.2) is 12.6 Å². The number of rotatable bonds is 3. The van der Waals surface area contributed by atoms with Crippen molar-refractivity contribution in [2.75, 3.05) is 6.61 Å². The second-order valence-corrected chi connectivity index (χ2v) is 2.53. The Bertz CT molecular complexity index is 297. The number of benzene rings is 1. The van der Waals surface area contributed by atoms with Crippen molar-refractivity contribution in [1.82, 2.24) is 0 Å². The van der Waals surface area contributed by atoms with Crippen LogP contribution in [0.3, 0.4) is 0 Å². The van der Waals surface area contributed by atoms with Crippen molar-refractivity contribution >= 4 is 5.97 Å². The van der Waals surface area contributed by atoms with Gasteiger partial charge in [-0.25, -0.2) is 4.79 Å². The number of hydrogen-bond acceptors (Lipinski definition) is 3. The van der Waals surface area contributed by atoms with Gasteiger partial charge >= 0.3 is 5.97 Å². The summed E-state index contributed by atoms with van der Waals surface area (Å²) in [6, 6.07) is 7.95. The van der Waals surface area contributed by atoms with Crippen molar-refractivity contribution in [3.8, 4) is 0 Å². The zero-order valence-corrected chi connectivity index (χ0v) is 7.54. The van der Waals surface area contributed by atoms with E-state index in [0.29, 0.717) is 18.7 Å². The van der Waals surface area contributed by atoms with Crippen LogP contribution >= 0.6 is 0 Å². The Kier molecular flexibility index (Phi) is 3.46. The van der Waals surface area contributed by atoms with Gasteiger partial charge in [-0.3, -0.25) is 0 Å². The van der Waals surface area contributed by atoms with Crippen molar-refractivity contribution in [1.29, 1.82) is 0 Å². The highest BCUT2D eigenvalue weighted by Gasteiger charge is 2.05. The van der Waals surface area contributed by atoms with Crippen LogP contribution in [0.5, 0.6) is 0 Å². The minimum atomic E-state index is -0.314. The average molecular weight is 178 g/mol. The molecule has 0 spiro atoms. The lowest BCUT2D eigenvalue weighted by Crippen LogP contribution is -2.06. The average Bonchev–Trinajstić information content (AvgIpc) is 2.18. The molecule has 13 heavy (non-hydrogen) atoms. The molecule has 2 N–H and O–H groups in total. The van der Waals surface area contributed by atoms with Crippen molar-refractivity contribution in [3.63, 3.8) is 0 Å². The SMILES string of the molecule is CCOC(=O)c1cc[c]c(CN)c1. The summed E-state index contributed by atoms with van der Waals surface area (Å²) < 4.78 is 4.83. The van der Waals surface area contributed by atoms with Crippen LogP contribution in [0.15, 0.2) is 18.2 Å². The van der Waals surface area contributed by atoms with Gasteiger partial charge in [0.15, 0.2) is 0 Å².